The number of amides is 1. The van der Waals surface area contributed by atoms with Crippen LogP contribution in [0.3, 0.4) is 0 Å². The summed E-state index contributed by atoms with van der Waals surface area (Å²) in [5.41, 5.74) is 6.00. The summed E-state index contributed by atoms with van der Waals surface area (Å²) in [5, 5.41) is 5.68. The zero-order valence-corrected chi connectivity index (χ0v) is 12.0. The molecule has 1 rings (SSSR count). The maximum absolute atomic E-state index is 13.2. The van der Waals surface area contributed by atoms with Crippen molar-refractivity contribution >= 4 is 28.8 Å². The molecule has 0 aliphatic carbocycles. The lowest BCUT2D eigenvalue weighted by Crippen LogP contribution is -2.39. The van der Waals surface area contributed by atoms with Crippen LogP contribution >= 0.6 is 12.2 Å². The normalized spacial score (nSPS) is 10.9. The number of benzene rings is 1. The predicted octanol–water partition coefficient (Wildman–Crippen LogP) is 1.64. The Balaban J connectivity index is 2.89. The molecule has 0 aromatic heterocycles. The van der Waals surface area contributed by atoms with Crippen LogP contribution in [0.15, 0.2) is 18.2 Å². The van der Waals surface area contributed by atoms with E-state index in [1.807, 2.05) is 13.8 Å². The van der Waals surface area contributed by atoms with Crippen molar-refractivity contribution < 1.29 is 9.18 Å². The Hall–Kier alpha value is -1.69. The Morgan fingerprint density at radius 3 is 2.63 bits per heavy atom. The standard InChI is InChI=1S/C13H18FN3OS/c1-13(2,12(18)16-3)7-17-10-5-4-8(14)6-9(10)11(15)19/h4-6,17H,7H2,1-3H3,(H2,15,19)(H,16,18). The first-order chi connectivity index (χ1) is 8.77. The molecule has 1 aromatic carbocycles. The number of carbonyl (C=O) groups is 1. The Morgan fingerprint density at radius 1 is 1.47 bits per heavy atom. The van der Waals surface area contributed by atoms with E-state index in [9.17, 15) is 9.18 Å². The minimum absolute atomic E-state index is 0.0843. The van der Waals surface area contributed by atoms with Gasteiger partial charge in [0.15, 0.2) is 0 Å². The van der Waals surface area contributed by atoms with Crippen LogP contribution in [-0.4, -0.2) is 24.5 Å². The molecule has 0 heterocycles. The van der Waals surface area contributed by atoms with Crippen LogP contribution in [-0.2, 0) is 4.79 Å². The van der Waals surface area contributed by atoms with Gasteiger partial charge in [-0.15, -0.1) is 0 Å². The van der Waals surface area contributed by atoms with Gasteiger partial charge >= 0.3 is 0 Å². The van der Waals surface area contributed by atoms with Gasteiger partial charge in [-0.2, -0.15) is 0 Å². The average Bonchev–Trinajstić information content (AvgIpc) is 2.36. The number of halogens is 1. The van der Waals surface area contributed by atoms with Gasteiger partial charge in [0.2, 0.25) is 5.91 Å². The van der Waals surface area contributed by atoms with Crippen LogP contribution in [0.5, 0.6) is 0 Å². The molecule has 19 heavy (non-hydrogen) atoms. The molecule has 0 spiro atoms. The molecule has 0 bridgehead atoms. The van der Waals surface area contributed by atoms with E-state index < -0.39 is 11.2 Å². The first kappa shape index (κ1) is 15.4. The van der Waals surface area contributed by atoms with Crippen molar-refractivity contribution in [2.75, 3.05) is 18.9 Å². The van der Waals surface area contributed by atoms with Crippen molar-refractivity contribution in [3.63, 3.8) is 0 Å². The Bertz CT molecular complexity index is 503. The Morgan fingerprint density at radius 2 is 2.11 bits per heavy atom. The topological polar surface area (TPSA) is 67.2 Å². The molecule has 0 radical (unpaired) electrons. The van der Waals surface area contributed by atoms with E-state index in [0.29, 0.717) is 17.8 Å². The minimum Gasteiger partial charge on any atom is -0.389 e. The first-order valence-electron chi connectivity index (χ1n) is 5.83. The second-order valence-corrected chi connectivity index (χ2v) is 5.31. The summed E-state index contributed by atoms with van der Waals surface area (Å²) >= 11 is 4.88. The largest absolute Gasteiger partial charge is 0.389 e. The number of anilines is 1. The number of nitrogens with one attached hydrogen (secondary N) is 2. The van der Waals surface area contributed by atoms with Gasteiger partial charge in [0.05, 0.1) is 5.41 Å². The quantitative estimate of drug-likeness (QED) is 0.719. The maximum Gasteiger partial charge on any atom is 0.227 e. The molecular formula is C13H18FN3OS. The fourth-order valence-electron chi connectivity index (χ4n) is 1.61. The molecule has 4 nitrogen and oxygen atoms in total. The average molecular weight is 283 g/mol. The number of carbonyl (C=O) groups excluding carboxylic acids is 1. The lowest BCUT2D eigenvalue weighted by molar-refractivity contribution is -0.128. The second-order valence-electron chi connectivity index (χ2n) is 4.87. The number of hydrogen-bond donors (Lipinski definition) is 3. The monoisotopic (exact) mass is 283 g/mol. The Kier molecular flexibility index (Phi) is 4.83. The van der Waals surface area contributed by atoms with Crippen molar-refractivity contribution in [2.45, 2.75) is 13.8 Å². The fourth-order valence-corrected chi connectivity index (χ4v) is 1.78. The Labute approximate surface area is 117 Å². The molecule has 0 saturated heterocycles. The molecule has 0 unspecified atom stereocenters. The highest BCUT2D eigenvalue weighted by Gasteiger charge is 2.26. The summed E-state index contributed by atoms with van der Waals surface area (Å²) < 4.78 is 13.2. The number of rotatable bonds is 5. The van der Waals surface area contributed by atoms with Crippen LogP contribution in [0.1, 0.15) is 19.4 Å². The molecule has 1 aromatic rings. The van der Waals surface area contributed by atoms with Gasteiger partial charge in [0, 0.05) is 24.8 Å². The molecule has 0 aliphatic heterocycles. The zero-order chi connectivity index (χ0) is 14.6. The highest BCUT2D eigenvalue weighted by molar-refractivity contribution is 7.80. The zero-order valence-electron chi connectivity index (χ0n) is 11.2. The highest BCUT2D eigenvalue weighted by atomic mass is 32.1. The van der Waals surface area contributed by atoms with Gasteiger partial charge in [-0.05, 0) is 32.0 Å². The predicted molar refractivity (Wildman–Crippen MR) is 78.6 cm³/mol. The van der Waals surface area contributed by atoms with Gasteiger partial charge in [0.1, 0.15) is 10.8 Å². The summed E-state index contributed by atoms with van der Waals surface area (Å²) in [6, 6.07) is 4.15. The van der Waals surface area contributed by atoms with Gasteiger partial charge < -0.3 is 16.4 Å². The summed E-state index contributed by atoms with van der Waals surface area (Å²) in [6.45, 7) is 4.00. The van der Waals surface area contributed by atoms with Crippen molar-refractivity contribution in [2.24, 2.45) is 11.1 Å². The third-order valence-corrected chi connectivity index (χ3v) is 3.03. The van der Waals surface area contributed by atoms with E-state index in [4.69, 9.17) is 18.0 Å². The molecular weight excluding hydrogens is 265 g/mol. The van der Waals surface area contributed by atoms with Gasteiger partial charge in [-0.25, -0.2) is 4.39 Å². The van der Waals surface area contributed by atoms with E-state index in [1.165, 1.54) is 12.1 Å². The van der Waals surface area contributed by atoms with Crippen LogP contribution in [0.4, 0.5) is 10.1 Å². The third kappa shape index (κ3) is 3.89. The van der Waals surface area contributed by atoms with Gasteiger partial charge in [0.25, 0.3) is 0 Å². The van der Waals surface area contributed by atoms with Gasteiger partial charge in [-0.1, -0.05) is 12.2 Å². The van der Waals surface area contributed by atoms with Crippen LogP contribution in [0.25, 0.3) is 0 Å². The maximum atomic E-state index is 13.2. The van der Waals surface area contributed by atoms with Crippen molar-refractivity contribution in [3.05, 3.63) is 29.6 Å². The molecule has 0 fully saturated rings. The molecule has 1 amide bonds. The summed E-state index contributed by atoms with van der Waals surface area (Å²) in [5.74, 6) is -0.488. The van der Waals surface area contributed by atoms with Crippen molar-refractivity contribution in [1.29, 1.82) is 0 Å². The van der Waals surface area contributed by atoms with E-state index in [1.54, 1.807) is 13.1 Å². The van der Waals surface area contributed by atoms with Crippen molar-refractivity contribution in [3.8, 4) is 0 Å². The molecule has 104 valence electrons. The van der Waals surface area contributed by atoms with Crippen LogP contribution < -0.4 is 16.4 Å². The number of hydrogen-bond acceptors (Lipinski definition) is 3. The lowest BCUT2D eigenvalue weighted by Gasteiger charge is -2.24. The van der Waals surface area contributed by atoms with E-state index in [2.05, 4.69) is 10.6 Å². The first-order valence-corrected chi connectivity index (χ1v) is 6.24. The van der Waals surface area contributed by atoms with Crippen molar-refractivity contribution in [1.82, 2.24) is 5.32 Å². The third-order valence-electron chi connectivity index (χ3n) is 2.81. The van der Waals surface area contributed by atoms with Crippen LogP contribution in [0.2, 0.25) is 0 Å². The molecule has 6 heteroatoms. The van der Waals surface area contributed by atoms with E-state index in [-0.39, 0.29) is 10.9 Å². The summed E-state index contributed by atoms with van der Waals surface area (Å²) in [4.78, 5) is 11.8. The second kappa shape index (κ2) is 5.97. The molecule has 4 N–H and O–H groups in total. The molecule has 0 atom stereocenters. The van der Waals surface area contributed by atoms with E-state index in [0.717, 1.165) is 0 Å². The molecule has 0 aliphatic rings. The summed E-state index contributed by atoms with van der Waals surface area (Å²) in [6.07, 6.45) is 0. The number of nitrogens with two attached hydrogens (primary N) is 1. The fraction of sp³-hybridized carbons (Fsp3) is 0.385. The van der Waals surface area contributed by atoms with E-state index >= 15 is 0 Å². The molecule has 0 saturated carbocycles. The highest BCUT2D eigenvalue weighted by Crippen LogP contribution is 2.21. The lowest BCUT2D eigenvalue weighted by atomic mass is 9.92. The van der Waals surface area contributed by atoms with Crippen LogP contribution in [0, 0.1) is 11.2 Å². The minimum atomic E-state index is -0.601. The summed E-state index contributed by atoms with van der Waals surface area (Å²) in [7, 11) is 1.59. The smallest absolute Gasteiger partial charge is 0.227 e. The SMILES string of the molecule is CNC(=O)C(C)(C)CNc1ccc(F)cc1C(N)=S. The van der Waals surface area contributed by atoms with Gasteiger partial charge in [-0.3, -0.25) is 4.79 Å². The number of thiocarbonyl (C=S) groups is 1.